The molecule has 1 fully saturated rings. The molecule has 2 aromatic rings. The second-order valence-corrected chi connectivity index (χ2v) is 12.3. The Bertz CT molecular complexity index is 1170. The van der Waals surface area contributed by atoms with E-state index >= 15 is 0 Å². The highest BCUT2D eigenvalue weighted by Gasteiger charge is 2.53. The van der Waals surface area contributed by atoms with E-state index in [4.69, 9.17) is 4.99 Å². The SMILES string of the molecule is CCCNC(=O)c1ccc(C(C(C)C)N2C(=O)C(c3ccc(F)cc3)=NC23CCC(C(C)(C)C)CC3)cc1. The fourth-order valence-corrected chi connectivity index (χ4v) is 6.10. The van der Waals surface area contributed by atoms with Crippen LogP contribution in [0.15, 0.2) is 53.5 Å². The van der Waals surface area contributed by atoms with E-state index in [0.29, 0.717) is 29.3 Å². The maximum Gasteiger partial charge on any atom is 0.275 e. The number of amides is 2. The number of aliphatic imine (C=N–C) groups is 1. The van der Waals surface area contributed by atoms with Crippen molar-refractivity contribution >= 4 is 17.5 Å². The Morgan fingerprint density at radius 1 is 1.08 bits per heavy atom. The fraction of sp³-hybridized carbons (Fsp3) is 0.531. The van der Waals surface area contributed by atoms with Crippen LogP contribution in [0.1, 0.15) is 101 Å². The Morgan fingerprint density at radius 3 is 2.21 bits per heavy atom. The van der Waals surface area contributed by atoms with Crippen LogP contribution in [0.5, 0.6) is 0 Å². The van der Waals surface area contributed by atoms with Crippen molar-refractivity contribution in [3.8, 4) is 0 Å². The Kier molecular flexibility index (Phi) is 8.10. The quantitative estimate of drug-likeness (QED) is 0.431. The van der Waals surface area contributed by atoms with Gasteiger partial charge in [0.25, 0.3) is 11.8 Å². The molecule has 2 aromatic carbocycles. The molecule has 2 aliphatic rings. The second kappa shape index (κ2) is 11.0. The van der Waals surface area contributed by atoms with E-state index in [2.05, 4.69) is 39.9 Å². The van der Waals surface area contributed by atoms with Crippen molar-refractivity contribution in [2.75, 3.05) is 6.54 Å². The highest BCUT2D eigenvalue weighted by Crippen LogP contribution is 2.50. The summed E-state index contributed by atoms with van der Waals surface area (Å²) in [6.45, 7) is 13.8. The number of hydrogen-bond donors (Lipinski definition) is 1. The van der Waals surface area contributed by atoms with Crippen LogP contribution in [0.3, 0.4) is 0 Å². The summed E-state index contributed by atoms with van der Waals surface area (Å²) in [5, 5.41) is 2.92. The van der Waals surface area contributed by atoms with E-state index in [1.54, 1.807) is 12.1 Å². The van der Waals surface area contributed by atoms with Gasteiger partial charge in [-0.2, -0.15) is 0 Å². The number of carbonyl (C=O) groups excluding carboxylic acids is 2. The van der Waals surface area contributed by atoms with Crippen LogP contribution in [0.2, 0.25) is 0 Å². The van der Waals surface area contributed by atoms with Gasteiger partial charge in [0.15, 0.2) is 0 Å². The second-order valence-electron chi connectivity index (χ2n) is 12.3. The van der Waals surface area contributed by atoms with Gasteiger partial charge in [-0.1, -0.05) is 53.7 Å². The van der Waals surface area contributed by atoms with E-state index in [0.717, 1.165) is 37.7 Å². The summed E-state index contributed by atoms with van der Waals surface area (Å²) in [5.41, 5.74) is 2.25. The summed E-state index contributed by atoms with van der Waals surface area (Å²) in [7, 11) is 0. The lowest BCUT2D eigenvalue weighted by Crippen LogP contribution is -2.52. The molecule has 38 heavy (non-hydrogen) atoms. The summed E-state index contributed by atoms with van der Waals surface area (Å²) < 4.78 is 13.7. The summed E-state index contributed by atoms with van der Waals surface area (Å²) in [4.78, 5) is 33.9. The van der Waals surface area contributed by atoms with Crippen LogP contribution in [0, 0.1) is 23.1 Å². The van der Waals surface area contributed by atoms with Gasteiger partial charge in [-0.05, 0) is 91.3 Å². The molecule has 1 saturated carbocycles. The molecule has 0 saturated heterocycles. The molecular weight excluding hydrogens is 477 g/mol. The zero-order valence-corrected chi connectivity index (χ0v) is 23.7. The third-order valence-electron chi connectivity index (χ3n) is 8.28. The minimum absolute atomic E-state index is 0.0874. The van der Waals surface area contributed by atoms with Crippen molar-refractivity contribution in [2.24, 2.45) is 22.2 Å². The lowest BCUT2D eigenvalue weighted by Gasteiger charge is -2.48. The first-order valence-corrected chi connectivity index (χ1v) is 14.0. The van der Waals surface area contributed by atoms with Gasteiger partial charge in [0.05, 0.1) is 6.04 Å². The normalized spacial score (nSPS) is 22.6. The molecule has 1 aliphatic carbocycles. The summed E-state index contributed by atoms with van der Waals surface area (Å²) in [6.07, 6.45) is 4.46. The monoisotopic (exact) mass is 519 g/mol. The predicted octanol–water partition coefficient (Wildman–Crippen LogP) is 6.93. The lowest BCUT2D eigenvalue weighted by molar-refractivity contribution is -0.135. The van der Waals surface area contributed by atoms with E-state index in [1.807, 2.05) is 36.1 Å². The van der Waals surface area contributed by atoms with Crippen LogP contribution in [0.25, 0.3) is 0 Å². The zero-order chi connectivity index (χ0) is 27.7. The van der Waals surface area contributed by atoms with Crippen LogP contribution >= 0.6 is 0 Å². The van der Waals surface area contributed by atoms with Gasteiger partial charge < -0.3 is 10.2 Å². The first kappa shape index (κ1) is 28.0. The smallest absolute Gasteiger partial charge is 0.275 e. The average Bonchev–Trinajstić information content (AvgIpc) is 3.14. The average molecular weight is 520 g/mol. The Labute approximate surface area is 226 Å². The van der Waals surface area contributed by atoms with E-state index in [-0.39, 0.29) is 35.0 Å². The molecule has 1 unspecified atom stereocenters. The highest BCUT2D eigenvalue weighted by molar-refractivity contribution is 6.46. The number of carbonyl (C=O) groups is 2. The summed E-state index contributed by atoms with van der Waals surface area (Å²) >= 11 is 0. The molecule has 6 heteroatoms. The molecule has 4 rings (SSSR count). The topological polar surface area (TPSA) is 61.8 Å². The van der Waals surface area contributed by atoms with E-state index in [9.17, 15) is 14.0 Å². The maximum atomic E-state index is 14.2. The maximum absolute atomic E-state index is 14.2. The van der Waals surface area contributed by atoms with Crippen molar-refractivity contribution < 1.29 is 14.0 Å². The third kappa shape index (κ3) is 5.55. The fourth-order valence-electron chi connectivity index (χ4n) is 6.10. The molecular formula is C32H42FN3O2. The molecule has 0 radical (unpaired) electrons. The largest absolute Gasteiger partial charge is 0.352 e. The minimum Gasteiger partial charge on any atom is -0.352 e. The van der Waals surface area contributed by atoms with Crippen molar-refractivity contribution in [1.29, 1.82) is 0 Å². The zero-order valence-electron chi connectivity index (χ0n) is 23.7. The molecule has 5 nitrogen and oxygen atoms in total. The standard InChI is InChI=1S/C32H42FN3O2/c1-7-20-34-29(37)24-10-8-23(9-11-24)28(21(2)3)36-30(38)27(22-12-14-26(33)15-13-22)35-32(36)18-16-25(17-19-32)31(4,5)6/h8-15,21,25,28H,7,16-20H2,1-6H3,(H,34,37). The van der Waals surface area contributed by atoms with Crippen LogP contribution in [-0.4, -0.2) is 34.6 Å². The highest BCUT2D eigenvalue weighted by atomic mass is 19.1. The van der Waals surface area contributed by atoms with Gasteiger partial charge in [0.1, 0.15) is 17.2 Å². The molecule has 0 bridgehead atoms. The molecule has 0 aromatic heterocycles. The van der Waals surface area contributed by atoms with Crippen LogP contribution in [0.4, 0.5) is 4.39 Å². The number of nitrogens with zero attached hydrogens (tertiary/aromatic N) is 2. The van der Waals surface area contributed by atoms with Crippen molar-refractivity contribution in [1.82, 2.24) is 10.2 Å². The molecule has 1 aliphatic heterocycles. The lowest BCUT2D eigenvalue weighted by atomic mass is 9.69. The van der Waals surface area contributed by atoms with Gasteiger partial charge in [0, 0.05) is 17.7 Å². The number of benzene rings is 2. The van der Waals surface area contributed by atoms with Gasteiger partial charge in [-0.3, -0.25) is 14.6 Å². The molecule has 1 spiro atoms. The Hall–Kier alpha value is -3.02. The number of rotatable bonds is 7. The Morgan fingerprint density at radius 2 is 1.68 bits per heavy atom. The number of hydrogen-bond acceptors (Lipinski definition) is 3. The van der Waals surface area contributed by atoms with Crippen molar-refractivity contribution in [3.63, 3.8) is 0 Å². The van der Waals surface area contributed by atoms with E-state index in [1.165, 1.54) is 12.1 Å². The molecule has 1 heterocycles. The number of halogens is 1. The van der Waals surface area contributed by atoms with Crippen LogP contribution < -0.4 is 5.32 Å². The molecule has 1 atom stereocenters. The van der Waals surface area contributed by atoms with Crippen molar-refractivity contribution in [2.45, 2.75) is 85.4 Å². The Balaban J connectivity index is 1.72. The summed E-state index contributed by atoms with van der Waals surface area (Å²) in [6, 6.07) is 13.5. The molecule has 2 amide bonds. The van der Waals surface area contributed by atoms with Gasteiger partial charge in [0.2, 0.25) is 0 Å². The molecule has 1 N–H and O–H groups in total. The predicted molar refractivity (Wildman–Crippen MR) is 151 cm³/mol. The number of nitrogens with one attached hydrogen (secondary N) is 1. The first-order valence-electron chi connectivity index (χ1n) is 14.0. The molecule has 204 valence electrons. The van der Waals surface area contributed by atoms with Gasteiger partial charge in [-0.25, -0.2) is 4.39 Å². The first-order chi connectivity index (χ1) is 18.0. The van der Waals surface area contributed by atoms with Crippen LogP contribution in [-0.2, 0) is 4.79 Å². The third-order valence-corrected chi connectivity index (χ3v) is 8.28. The minimum atomic E-state index is -0.630. The van der Waals surface area contributed by atoms with Crippen molar-refractivity contribution in [3.05, 3.63) is 71.0 Å². The van der Waals surface area contributed by atoms with Gasteiger partial charge >= 0.3 is 0 Å². The van der Waals surface area contributed by atoms with Gasteiger partial charge in [-0.15, -0.1) is 0 Å². The van der Waals surface area contributed by atoms with E-state index < -0.39 is 5.66 Å². The summed E-state index contributed by atoms with van der Waals surface area (Å²) in [5.74, 6) is 0.164.